The molecular weight excluding hydrogens is 590 g/mol. The molecule has 0 saturated carbocycles. The van der Waals surface area contributed by atoms with Gasteiger partial charge < -0.3 is 53.6 Å². The molecule has 5 amide bonds. The summed E-state index contributed by atoms with van der Waals surface area (Å²) in [6.45, 7) is 2.07. The molecular formula is C28H45N9O8. The summed E-state index contributed by atoms with van der Waals surface area (Å²) in [5.41, 5.74) is 11.2. The molecule has 45 heavy (non-hydrogen) atoms. The molecule has 0 aliphatic rings. The Labute approximate surface area is 261 Å². The maximum atomic E-state index is 13.1. The molecule has 4 atom stereocenters. The average molecular weight is 636 g/mol. The van der Waals surface area contributed by atoms with Gasteiger partial charge in [0.1, 0.15) is 24.2 Å². The molecule has 0 unspecified atom stereocenters. The fourth-order valence-corrected chi connectivity index (χ4v) is 4.08. The van der Waals surface area contributed by atoms with E-state index in [1.165, 1.54) is 0 Å². The normalized spacial score (nSPS) is 13.4. The minimum Gasteiger partial charge on any atom is -0.480 e. The summed E-state index contributed by atoms with van der Waals surface area (Å²) in [4.78, 5) is 74.8. The number of carboxylic acid groups (broad SMARTS) is 1. The molecule has 1 rings (SSSR count). The smallest absolute Gasteiger partial charge is 0.326 e. The van der Waals surface area contributed by atoms with Crippen molar-refractivity contribution in [3.8, 4) is 0 Å². The van der Waals surface area contributed by atoms with Crippen molar-refractivity contribution in [2.24, 2.45) is 17.4 Å². The topological polar surface area (TPSA) is 291 Å². The summed E-state index contributed by atoms with van der Waals surface area (Å²) in [6, 6.07) is 3.54. The van der Waals surface area contributed by atoms with Crippen LogP contribution in [0.15, 0.2) is 30.3 Å². The van der Waals surface area contributed by atoms with Crippen molar-refractivity contribution in [1.82, 2.24) is 31.9 Å². The van der Waals surface area contributed by atoms with Gasteiger partial charge in [-0.3, -0.25) is 29.4 Å². The van der Waals surface area contributed by atoms with Gasteiger partial charge in [0.05, 0.1) is 19.7 Å². The van der Waals surface area contributed by atoms with Crippen molar-refractivity contribution in [2.75, 3.05) is 26.2 Å². The second-order valence-corrected chi connectivity index (χ2v) is 10.6. The molecule has 17 heteroatoms. The number of guanidine groups is 1. The number of hydrogen-bond donors (Lipinski definition) is 11. The Morgan fingerprint density at radius 1 is 0.822 bits per heavy atom. The molecule has 0 saturated heterocycles. The van der Waals surface area contributed by atoms with Gasteiger partial charge in [-0.25, -0.2) is 4.79 Å². The average Bonchev–Trinajstić information content (AvgIpc) is 2.99. The molecule has 0 aliphatic heterocycles. The third-order valence-corrected chi connectivity index (χ3v) is 6.32. The molecule has 13 N–H and O–H groups in total. The lowest BCUT2D eigenvalue weighted by atomic mass is 10.0. The van der Waals surface area contributed by atoms with Gasteiger partial charge >= 0.3 is 5.97 Å². The van der Waals surface area contributed by atoms with E-state index in [0.717, 1.165) is 0 Å². The number of carboxylic acids is 1. The number of amides is 5. The zero-order valence-electron chi connectivity index (χ0n) is 25.4. The van der Waals surface area contributed by atoms with Crippen LogP contribution in [0.2, 0.25) is 0 Å². The standard InChI is InChI=1S/C28H45N9O8/c1-16(2)11-19(34-22(39)13-29)24(41)33-14-23(40)35-21(15-38)26(43)36-18(9-6-10-32-28(30)31)25(42)37-20(27(44)45)12-17-7-4-3-5-8-17/h3-5,7-8,16,18-21,38H,6,9-15,29H2,1-2H3,(H,33,41)(H,34,39)(H,35,40)(H,36,43)(H,37,42)(H,44,45)(H4,30,31,32)/t18-,19-,20-,21-/m0/s1. The summed E-state index contributed by atoms with van der Waals surface area (Å²) < 4.78 is 0. The summed E-state index contributed by atoms with van der Waals surface area (Å²) in [5.74, 6) is -5.38. The van der Waals surface area contributed by atoms with E-state index in [0.29, 0.717) is 5.56 Å². The molecule has 0 radical (unpaired) electrons. The maximum absolute atomic E-state index is 13.1. The number of carbonyl (C=O) groups excluding carboxylic acids is 5. The van der Waals surface area contributed by atoms with Gasteiger partial charge in [-0.05, 0) is 30.7 Å². The van der Waals surface area contributed by atoms with E-state index in [2.05, 4.69) is 31.9 Å². The third-order valence-electron chi connectivity index (χ3n) is 6.32. The summed E-state index contributed by atoms with van der Waals surface area (Å²) in [5, 5.41) is 41.2. The molecule has 1 aromatic rings. The van der Waals surface area contributed by atoms with E-state index in [9.17, 15) is 39.0 Å². The lowest BCUT2D eigenvalue weighted by molar-refractivity contribution is -0.142. The van der Waals surface area contributed by atoms with Crippen LogP contribution in [-0.2, 0) is 35.2 Å². The zero-order chi connectivity index (χ0) is 33.9. The number of aliphatic carboxylic acids is 1. The molecule has 0 aromatic heterocycles. The number of aliphatic hydroxyl groups is 1. The van der Waals surface area contributed by atoms with Crippen LogP contribution >= 0.6 is 0 Å². The van der Waals surface area contributed by atoms with E-state index in [1.807, 2.05) is 13.8 Å². The first kappa shape index (κ1) is 38.3. The van der Waals surface area contributed by atoms with Crippen molar-refractivity contribution in [3.63, 3.8) is 0 Å². The highest BCUT2D eigenvalue weighted by molar-refractivity contribution is 5.95. The van der Waals surface area contributed by atoms with Gasteiger partial charge in [0.25, 0.3) is 0 Å². The Bertz CT molecular complexity index is 1170. The highest BCUT2D eigenvalue weighted by atomic mass is 16.4. The van der Waals surface area contributed by atoms with Crippen molar-refractivity contribution < 1.29 is 39.0 Å². The maximum Gasteiger partial charge on any atom is 0.326 e. The fraction of sp³-hybridized carbons (Fsp3) is 0.536. The second-order valence-electron chi connectivity index (χ2n) is 10.6. The van der Waals surface area contributed by atoms with Crippen LogP contribution in [0.3, 0.4) is 0 Å². The molecule has 0 aliphatic carbocycles. The first-order valence-electron chi connectivity index (χ1n) is 14.4. The van der Waals surface area contributed by atoms with Gasteiger partial charge in [0.2, 0.25) is 29.5 Å². The van der Waals surface area contributed by atoms with Gasteiger partial charge in [-0.1, -0.05) is 44.2 Å². The molecule has 0 fully saturated rings. The Kier molecular flexibility index (Phi) is 17.2. The number of nitrogens with one attached hydrogen (secondary N) is 7. The van der Waals surface area contributed by atoms with E-state index >= 15 is 0 Å². The van der Waals surface area contributed by atoms with Crippen LogP contribution in [-0.4, -0.2) is 102 Å². The Hall–Kier alpha value is -4.77. The number of nitrogens with two attached hydrogens (primary N) is 2. The van der Waals surface area contributed by atoms with Crippen molar-refractivity contribution >= 4 is 41.5 Å². The highest BCUT2D eigenvalue weighted by Gasteiger charge is 2.30. The number of aliphatic hydroxyl groups excluding tert-OH is 1. The van der Waals surface area contributed by atoms with Crippen LogP contribution in [0.25, 0.3) is 0 Å². The molecule has 1 aromatic carbocycles. The molecule has 0 heterocycles. The van der Waals surface area contributed by atoms with Crippen LogP contribution in [0.5, 0.6) is 0 Å². The van der Waals surface area contributed by atoms with E-state index < -0.39 is 72.8 Å². The molecule has 0 bridgehead atoms. The van der Waals surface area contributed by atoms with Gasteiger partial charge in [0, 0.05) is 13.0 Å². The first-order chi connectivity index (χ1) is 21.3. The van der Waals surface area contributed by atoms with Crippen molar-refractivity contribution in [2.45, 2.75) is 63.7 Å². The molecule has 0 spiro atoms. The van der Waals surface area contributed by atoms with Crippen LogP contribution < -0.4 is 43.4 Å². The SMILES string of the molecule is CC(C)C[C@H](NC(=O)CN)C(=O)NCC(=O)N[C@@H](CO)C(=O)N[C@@H](CCCNC(=N)N)C(=O)N[C@@H](Cc1ccccc1)C(=O)O. The predicted octanol–water partition coefficient (Wildman–Crippen LogP) is -3.37. The number of carbonyl (C=O) groups is 6. The fourth-order valence-electron chi connectivity index (χ4n) is 4.08. The van der Waals surface area contributed by atoms with Crippen LogP contribution in [0, 0.1) is 11.3 Å². The number of hydrogen-bond acceptors (Lipinski definition) is 9. The van der Waals surface area contributed by atoms with E-state index in [1.54, 1.807) is 30.3 Å². The zero-order valence-corrected chi connectivity index (χ0v) is 25.4. The van der Waals surface area contributed by atoms with Crippen LogP contribution in [0.1, 0.15) is 38.7 Å². The number of benzene rings is 1. The largest absolute Gasteiger partial charge is 0.480 e. The van der Waals surface area contributed by atoms with Gasteiger partial charge in [-0.2, -0.15) is 0 Å². The number of rotatable bonds is 20. The second kappa shape index (κ2) is 20.2. The van der Waals surface area contributed by atoms with Gasteiger partial charge in [-0.15, -0.1) is 0 Å². The van der Waals surface area contributed by atoms with Gasteiger partial charge in [0.15, 0.2) is 5.96 Å². The Morgan fingerprint density at radius 3 is 1.98 bits per heavy atom. The lowest BCUT2D eigenvalue weighted by Gasteiger charge is -2.24. The minimum atomic E-state index is -1.52. The van der Waals surface area contributed by atoms with E-state index in [4.69, 9.17) is 16.9 Å². The summed E-state index contributed by atoms with van der Waals surface area (Å²) in [6.07, 6.45) is 0.474. The molecule has 17 nitrogen and oxygen atoms in total. The summed E-state index contributed by atoms with van der Waals surface area (Å²) >= 11 is 0. The minimum absolute atomic E-state index is 0.0105. The van der Waals surface area contributed by atoms with Crippen molar-refractivity contribution in [3.05, 3.63) is 35.9 Å². The lowest BCUT2D eigenvalue weighted by Crippen LogP contribution is -2.58. The third kappa shape index (κ3) is 15.5. The Balaban J connectivity index is 2.91. The molecule has 250 valence electrons. The van der Waals surface area contributed by atoms with Crippen LogP contribution in [0.4, 0.5) is 0 Å². The monoisotopic (exact) mass is 635 g/mol. The van der Waals surface area contributed by atoms with Crippen molar-refractivity contribution in [1.29, 1.82) is 5.41 Å². The van der Waals surface area contributed by atoms with E-state index in [-0.39, 0.29) is 50.7 Å². The Morgan fingerprint density at radius 2 is 1.42 bits per heavy atom. The summed E-state index contributed by atoms with van der Waals surface area (Å²) in [7, 11) is 0. The first-order valence-corrected chi connectivity index (χ1v) is 14.4. The highest BCUT2D eigenvalue weighted by Crippen LogP contribution is 2.07. The predicted molar refractivity (Wildman–Crippen MR) is 163 cm³/mol. The quantitative estimate of drug-likeness (QED) is 0.0382.